The van der Waals surface area contributed by atoms with E-state index in [1.165, 1.54) is 0 Å². The summed E-state index contributed by atoms with van der Waals surface area (Å²) < 4.78 is 2.11. The van der Waals surface area contributed by atoms with Crippen molar-refractivity contribution < 1.29 is 5.11 Å². The van der Waals surface area contributed by atoms with Gasteiger partial charge in [-0.1, -0.05) is 0 Å². The van der Waals surface area contributed by atoms with Crippen LogP contribution in [0, 0.1) is 6.92 Å². The van der Waals surface area contributed by atoms with E-state index >= 15 is 0 Å². The van der Waals surface area contributed by atoms with Crippen molar-refractivity contribution in [1.82, 2.24) is 14.5 Å². The van der Waals surface area contributed by atoms with Crippen LogP contribution in [0.15, 0.2) is 12.4 Å². The molecule has 1 atom stereocenters. The molecule has 4 nitrogen and oxygen atoms in total. The number of rotatable bonds is 5. The average Bonchev–Trinajstić information content (AvgIpc) is 2.59. The Morgan fingerprint density at radius 2 is 2.36 bits per heavy atom. The first-order valence-electron chi connectivity index (χ1n) is 4.94. The summed E-state index contributed by atoms with van der Waals surface area (Å²) in [6.45, 7) is 6.07. The third-order valence-electron chi connectivity index (χ3n) is 2.63. The van der Waals surface area contributed by atoms with Crippen molar-refractivity contribution in [3.63, 3.8) is 0 Å². The standard InChI is InChI=1S/C10H19N3O/c1-9(8-14)12(3)6-7-13-5-4-11-10(13)2/h4-5,9,14H,6-8H2,1-3H3. The van der Waals surface area contributed by atoms with Gasteiger partial charge in [-0.3, -0.25) is 4.90 Å². The highest BCUT2D eigenvalue weighted by Gasteiger charge is 2.07. The molecule has 1 aromatic heterocycles. The summed E-state index contributed by atoms with van der Waals surface area (Å²) in [6, 6.07) is 0.221. The molecule has 0 aromatic carbocycles. The molecular weight excluding hydrogens is 178 g/mol. The van der Waals surface area contributed by atoms with Crippen molar-refractivity contribution >= 4 is 0 Å². The second-order valence-corrected chi connectivity index (χ2v) is 3.68. The Balaban J connectivity index is 2.37. The van der Waals surface area contributed by atoms with Crippen molar-refractivity contribution in [2.24, 2.45) is 0 Å². The molecule has 0 radical (unpaired) electrons. The van der Waals surface area contributed by atoms with E-state index in [9.17, 15) is 0 Å². The molecule has 0 bridgehead atoms. The fourth-order valence-corrected chi connectivity index (χ4v) is 1.27. The fourth-order valence-electron chi connectivity index (χ4n) is 1.27. The number of aryl methyl sites for hydroxylation is 1. The minimum Gasteiger partial charge on any atom is -0.395 e. The van der Waals surface area contributed by atoms with Gasteiger partial charge in [-0.05, 0) is 20.9 Å². The number of likely N-dealkylation sites (N-methyl/N-ethyl adjacent to an activating group) is 1. The molecule has 0 saturated heterocycles. The molecule has 14 heavy (non-hydrogen) atoms. The van der Waals surface area contributed by atoms with E-state index in [4.69, 9.17) is 5.11 Å². The zero-order valence-corrected chi connectivity index (χ0v) is 9.14. The van der Waals surface area contributed by atoms with Crippen LogP contribution in [-0.2, 0) is 6.54 Å². The van der Waals surface area contributed by atoms with Crippen molar-refractivity contribution in [1.29, 1.82) is 0 Å². The third kappa shape index (κ3) is 2.82. The zero-order valence-electron chi connectivity index (χ0n) is 9.14. The topological polar surface area (TPSA) is 41.3 Å². The van der Waals surface area contributed by atoms with Gasteiger partial charge in [0.1, 0.15) is 5.82 Å². The van der Waals surface area contributed by atoms with E-state index in [-0.39, 0.29) is 12.6 Å². The van der Waals surface area contributed by atoms with Crippen LogP contribution < -0.4 is 0 Å². The third-order valence-corrected chi connectivity index (χ3v) is 2.63. The summed E-state index contributed by atoms with van der Waals surface area (Å²) in [5.41, 5.74) is 0. The fraction of sp³-hybridized carbons (Fsp3) is 0.700. The lowest BCUT2D eigenvalue weighted by Crippen LogP contribution is -2.34. The molecule has 4 heteroatoms. The van der Waals surface area contributed by atoms with Gasteiger partial charge in [-0.25, -0.2) is 4.98 Å². The van der Waals surface area contributed by atoms with Crippen LogP contribution in [0.5, 0.6) is 0 Å². The average molecular weight is 197 g/mol. The number of hydrogen-bond acceptors (Lipinski definition) is 3. The molecule has 80 valence electrons. The van der Waals surface area contributed by atoms with Gasteiger partial charge in [0.25, 0.3) is 0 Å². The van der Waals surface area contributed by atoms with Crippen LogP contribution in [0.2, 0.25) is 0 Å². The van der Waals surface area contributed by atoms with Crippen molar-refractivity contribution in [3.8, 4) is 0 Å². The molecule has 1 rings (SSSR count). The van der Waals surface area contributed by atoms with Gasteiger partial charge in [-0.15, -0.1) is 0 Å². The van der Waals surface area contributed by atoms with Crippen LogP contribution in [-0.4, -0.2) is 45.8 Å². The molecular formula is C10H19N3O. The highest BCUT2D eigenvalue weighted by atomic mass is 16.3. The minimum absolute atomic E-state index is 0.208. The Kier molecular flexibility index (Phi) is 4.10. The predicted molar refractivity (Wildman–Crippen MR) is 56.1 cm³/mol. The lowest BCUT2D eigenvalue weighted by Gasteiger charge is -2.22. The highest BCUT2D eigenvalue weighted by Crippen LogP contribution is 1.98. The normalized spacial score (nSPS) is 13.5. The maximum absolute atomic E-state index is 8.96. The molecule has 0 aliphatic carbocycles. The lowest BCUT2D eigenvalue weighted by atomic mass is 10.3. The van der Waals surface area contributed by atoms with Crippen LogP contribution in [0.25, 0.3) is 0 Å². The monoisotopic (exact) mass is 197 g/mol. The Morgan fingerprint density at radius 1 is 1.64 bits per heavy atom. The molecule has 0 aliphatic heterocycles. The first-order chi connectivity index (χ1) is 6.65. The maximum atomic E-state index is 8.96. The summed E-state index contributed by atoms with van der Waals surface area (Å²) >= 11 is 0. The zero-order chi connectivity index (χ0) is 10.6. The van der Waals surface area contributed by atoms with Gasteiger partial charge < -0.3 is 9.67 Å². The summed E-state index contributed by atoms with van der Waals surface area (Å²) in [6.07, 6.45) is 3.79. The molecule has 0 amide bonds. The second-order valence-electron chi connectivity index (χ2n) is 3.68. The largest absolute Gasteiger partial charge is 0.395 e. The molecule has 0 spiro atoms. The first kappa shape index (κ1) is 11.2. The SMILES string of the molecule is Cc1nccn1CCN(C)C(C)CO. The van der Waals surface area contributed by atoms with Gasteiger partial charge in [0.15, 0.2) is 0 Å². The second kappa shape index (κ2) is 5.12. The van der Waals surface area contributed by atoms with E-state index in [0.717, 1.165) is 18.9 Å². The maximum Gasteiger partial charge on any atom is 0.105 e. The quantitative estimate of drug-likeness (QED) is 0.747. The van der Waals surface area contributed by atoms with Crippen LogP contribution in [0.3, 0.4) is 0 Å². The van der Waals surface area contributed by atoms with E-state index in [1.54, 1.807) is 0 Å². The summed E-state index contributed by atoms with van der Waals surface area (Å²) in [4.78, 5) is 6.29. The van der Waals surface area contributed by atoms with Gasteiger partial charge in [0.05, 0.1) is 6.61 Å². The van der Waals surface area contributed by atoms with E-state index in [1.807, 2.05) is 33.3 Å². The molecule has 1 unspecified atom stereocenters. The number of aromatic nitrogens is 2. The van der Waals surface area contributed by atoms with Gasteiger partial charge >= 0.3 is 0 Å². The van der Waals surface area contributed by atoms with E-state index in [2.05, 4.69) is 14.5 Å². The van der Waals surface area contributed by atoms with E-state index < -0.39 is 0 Å². The highest BCUT2D eigenvalue weighted by molar-refractivity contribution is 4.88. The van der Waals surface area contributed by atoms with Crippen LogP contribution >= 0.6 is 0 Å². The number of aliphatic hydroxyl groups is 1. The molecule has 0 saturated carbocycles. The lowest BCUT2D eigenvalue weighted by molar-refractivity contribution is 0.155. The molecule has 1 heterocycles. The molecule has 1 aromatic rings. The Hall–Kier alpha value is -0.870. The number of imidazole rings is 1. The van der Waals surface area contributed by atoms with Gasteiger partial charge in [0.2, 0.25) is 0 Å². The van der Waals surface area contributed by atoms with Crippen molar-refractivity contribution in [3.05, 3.63) is 18.2 Å². The number of nitrogens with zero attached hydrogens (tertiary/aromatic N) is 3. The summed E-state index contributed by atoms with van der Waals surface area (Å²) in [5, 5.41) is 8.96. The van der Waals surface area contributed by atoms with Crippen molar-refractivity contribution in [2.75, 3.05) is 20.2 Å². The van der Waals surface area contributed by atoms with Gasteiger partial charge in [-0.2, -0.15) is 0 Å². The molecule has 0 fully saturated rings. The number of aliphatic hydroxyl groups excluding tert-OH is 1. The Labute approximate surface area is 85.2 Å². The Morgan fingerprint density at radius 3 is 2.86 bits per heavy atom. The van der Waals surface area contributed by atoms with Crippen molar-refractivity contribution in [2.45, 2.75) is 26.4 Å². The smallest absolute Gasteiger partial charge is 0.105 e. The summed E-state index contributed by atoms with van der Waals surface area (Å²) in [5.74, 6) is 1.04. The van der Waals surface area contributed by atoms with E-state index in [0.29, 0.717) is 0 Å². The van der Waals surface area contributed by atoms with Crippen LogP contribution in [0.4, 0.5) is 0 Å². The molecule has 0 aliphatic rings. The Bertz CT molecular complexity index is 272. The first-order valence-corrected chi connectivity index (χ1v) is 4.94. The number of hydrogen-bond donors (Lipinski definition) is 1. The molecule has 1 N–H and O–H groups in total. The van der Waals surface area contributed by atoms with Gasteiger partial charge in [0, 0.05) is 31.5 Å². The van der Waals surface area contributed by atoms with Crippen LogP contribution in [0.1, 0.15) is 12.7 Å². The minimum atomic E-state index is 0.208. The predicted octanol–water partition coefficient (Wildman–Crippen LogP) is 0.504. The summed E-state index contributed by atoms with van der Waals surface area (Å²) in [7, 11) is 2.02.